The number of hydrogen-bond acceptors (Lipinski definition) is 2. The van der Waals surface area contributed by atoms with Gasteiger partial charge in [-0.2, -0.15) is 0 Å². The molecule has 1 atom stereocenters. The predicted molar refractivity (Wildman–Crippen MR) is 105 cm³/mol. The van der Waals surface area contributed by atoms with Crippen LogP contribution in [0.5, 0.6) is 5.75 Å². The molecule has 0 aliphatic rings. The first kappa shape index (κ1) is 17.7. The number of amides is 1. The third-order valence-electron chi connectivity index (χ3n) is 4.35. The highest BCUT2D eigenvalue weighted by atomic mass is 16.5. The summed E-state index contributed by atoms with van der Waals surface area (Å²) in [5.41, 5.74) is 4.43. The molecule has 3 rings (SSSR count). The van der Waals surface area contributed by atoms with Gasteiger partial charge in [0.15, 0.2) is 6.61 Å². The van der Waals surface area contributed by atoms with E-state index in [9.17, 15) is 4.79 Å². The maximum atomic E-state index is 12.2. The number of carbonyl (C=O) groups is 1. The second-order valence-electron chi connectivity index (χ2n) is 6.33. The summed E-state index contributed by atoms with van der Waals surface area (Å²) in [5, 5.41) is 2.98. The Bertz CT molecular complexity index is 857. The van der Waals surface area contributed by atoms with Crippen LogP contribution in [0.1, 0.15) is 24.1 Å². The van der Waals surface area contributed by atoms with E-state index in [-0.39, 0.29) is 18.6 Å². The zero-order valence-electron chi connectivity index (χ0n) is 15.1. The minimum absolute atomic E-state index is 0.0112. The van der Waals surface area contributed by atoms with Crippen molar-refractivity contribution < 1.29 is 9.53 Å². The monoisotopic (exact) mass is 345 g/mol. The van der Waals surface area contributed by atoms with Crippen LogP contribution in [0.25, 0.3) is 11.1 Å². The van der Waals surface area contributed by atoms with Crippen molar-refractivity contribution in [3.8, 4) is 16.9 Å². The fourth-order valence-corrected chi connectivity index (χ4v) is 2.82. The molecule has 0 unspecified atom stereocenters. The molecule has 0 fully saturated rings. The van der Waals surface area contributed by atoms with E-state index in [4.69, 9.17) is 4.74 Å². The summed E-state index contributed by atoms with van der Waals surface area (Å²) in [6.07, 6.45) is 0. The molecule has 26 heavy (non-hydrogen) atoms. The lowest BCUT2D eigenvalue weighted by atomic mass is 10.0. The van der Waals surface area contributed by atoms with Crippen molar-refractivity contribution >= 4 is 5.91 Å². The molecule has 3 aromatic rings. The molecule has 0 aliphatic carbocycles. The van der Waals surface area contributed by atoms with Crippen molar-refractivity contribution in [2.24, 2.45) is 0 Å². The highest BCUT2D eigenvalue weighted by molar-refractivity contribution is 5.78. The van der Waals surface area contributed by atoms with E-state index in [2.05, 4.69) is 41.7 Å². The molecule has 0 spiro atoms. The van der Waals surface area contributed by atoms with Crippen LogP contribution in [0.4, 0.5) is 0 Å². The first-order valence-corrected chi connectivity index (χ1v) is 8.76. The molecule has 0 heterocycles. The molecule has 3 heteroatoms. The average molecular weight is 345 g/mol. The van der Waals surface area contributed by atoms with Gasteiger partial charge in [0.1, 0.15) is 5.75 Å². The van der Waals surface area contributed by atoms with Gasteiger partial charge in [0.2, 0.25) is 0 Å². The maximum Gasteiger partial charge on any atom is 0.258 e. The Morgan fingerprint density at radius 1 is 0.885 bits per heavy atom. The van der Waals surface area contributed by atoms with Gasteiger partial charge in [-0.05, 0) is 42.2 Å². The van der Waals surface area contributed by atoms with Crippen LogP contribution < -0.4 is 10.1 Å². The van der Waals surface area contributed by atoms with E-state index in [1.165, 1.54) is 5.56 Å². The number of aryl methyl sites for hydroxylation is 1. The Hall–Kier alpha value is -3.07. The van der Waals surface area contributed by atoms with Crippen LogP contribution in [0, 0.1) is 6.92 Å². The van der Waals surface area contributed by atoms with Crippen LogP contribution in [0.2, 0.25) is 0 Å². The molecule has 3 nitrogen and oxygen atoms in total. The van der Waals surface area contributed by atoms with E-state index < -0.39 is 0 Å². The summed E-state index contributed by atoms with van der Waals surface area (Å²) in [5.74, 6) is 0.607. The zero-order chi connectivity index (χ0) is 18.4. The summed E-state index contributed by atoms with van der Waals surface area (Å²) in [4.78, 5) is 12.2. The molecule has 0 aromatic heterocycles. The van der Waals surface area contributed by atoms with Crippen LogP contribution in [0.15, 0.2) is 78.9 Å². The largest absolute Gasteiger partial charge is 0.484 e. The first-order valence-electron chi connectivity index (χ1n) is 8.76. The van der Waals surface area contributed by atoms with E-state index in [0.717, 1.165) is 22.4 Å². The fraction of sp³-hybridized carbons (Fsp3) is 0.174. The number of rotatable bonds is 6. The van der Waals surface area contributed by atoms with E-state index >= 15 is 0 Å². The summed E-state index contributed by atoms with van der Waals surface area (Å²) < 4.78 is 5.60. The second kappa shape index (κ2) is 8.34. The summed E-state index contributed by atoms with van der Waals surface area (Å²) in [7, 11) is 0. The number of hydrogen-bond donors (Lipinski definition) is 1. The molecular formula is C23H23NO2. The van der Waals surface area contributed by atoms with E-state index in [0.29, 0.717) is 0 Å². The third kappa shape index (κ3) is 4.51. The summed E-state index contributed by atoms with van der Waals surface area (Å²) >= 11 is 0. The summed E-state index contributed by atoms with van der Waals surface area (Å²) in [6.45, 7) is 3.95. The lowest BCUT2D eigenvalue weighted by Gasteiger charge is -2.16. The van der Waals surface area contributed by atoms with Crippen LogP contribution >= 0.6 is 0 Å². The van der Waals surface area contributed by atoms with Crippen molar-refractivity contribution in [3.05, 3.63) is 90.0 Å². The zero-order valence-corrected chi connectivity index (χ0v) is 15.1. The van der Waals surface area contributed by atoms with Crippen molar-refractivity contribution in [3.63, 3.8) is 0 Å². The molecule has 132 valence electrons. The van der Waals surface area contributed by atoms with Gasteiger partial charge in [-0.25, -0.2) is 0 Å². The lowest BCUT2D eigenvalue weighted by molar-refractivity contribution is -0.123. The number of nitrogens with one attached hydrogen (secondary N) is 1. The van der Waals surface area contributed by atoms with Gasteiger partial charge in [-0.15, -0.1) is 0 Å². The molecule has 3 aromatic carbocycles. The Balaban J connectivity index is 1.56. The molecular weight excluding hydrogens is 322 g/mol. The average Bonchev–Trinajstić information content (AvgIpc) is 2.68. The van der Waals surface area contributed by atoms with Gasteiger partial charge in [0, 0.05) is 0 Å². The van der Waals surface area contributed by atoms with Gasteiger partial charge in [-0.1, -0.05) is 72.8 Å². The number of para-hydroxylation sites is 1. The van der Waals surface area contributed by atoms with Crippen LogP contribution in [-0.2, 0) is 4.79 Å². The van der Waals surface area contributed by atoms with Gasteiger partial charge in [0.05, 0.1) is 6.04 Å². The number of benzene rings is 3. The SMILES string of the molecule is Cc1ccccc1OCC(=O)N[C@H](C)c1ccc(-c2ccccc2)cc1. The fourth-order valence-electron chi connectivity index (χ4n) is 2.82. The van der Waals surface area contributed by atoms with Gasteiger partial charge in [-0.3, -0.25) is 4.79 Å². The summed E-state index contributed by atoms with van der Waals surface area (Å²) in [6, 6.07) is 26.1. The first-order chi connectivity index (χ1) is 12.6. The standard InChI is InChI=1S/C23H23NO2/c1-17-8-6-7-11-22(17)26-16-23(25)24-18(2)19-12-14-21(15-13-19)20-9-4-3-5-10-20/h3-15,18H,16H2,1-2H3,(H,24,25)/t18-/m1/s1. The van der Waals surface area contributed by atoms with Gasteiger partial charge >= 0.3 is 0 Å². The van der Waals surface area contributed by atoms with Crippen molar-refractivity contribution in [1.82, 2.24) is 5.32 Å². The molecule has 0 radical (unpaired) electrons. The van der Waals surface area contributed by atoms with E-state index in [1.54, 1.807) is 0 Å². The number of ether oxygens (including phenoxy) is 1. The maximum absolute atomic E-state index is 12.2. The molecule has 1 N–H and O–H groups in total. The highest BCUT2D eigenvalue weighted by Crippen LogP contribution is 2.22. The normalized spacial score (nSPS) is 11.6. The Kier molecular flexibility index (Phi) is 5.69. The van der Waals surface area contributed by atoms with Crippen molar-refractivity contribution in [1.29, 1.82) is 0 Å². The smallest absolute Gasteiger partial charge is 0.258 e. The van der Waals surface area contributed by atoms with Crippen LogP contribution in [0.3, 0.4) is 0 Å². The minimum atomic E-state index is -0.132. The van der Waals surface area contributed by atoms with Gasteiger partial charge < -0.3 is 10.1 Å². The third-order valence-corrected chi connectivity index (χ3v) is 4.35. The van der Waals surface area contributed by atoms with E-state index in [1.807, 2.05) is 56.3 Å². The quantitative estimate of drug-likeness (QED) is 0.689. The predicted octanol–water partition coefficient (Wildman–Crippen LogP) is 4.92. The Morgan fingerprint density at radius 2 is 1.50 bits per heavy atom. The van der Waals surface area contributed by atoms with Crippen molar-refractivity contribution in [2.75, 3.05) is 6.61 Å². The highest BCUT2D eigenvalue weighted by Gasteiger charge is 2.11. The Labute approximate surface area is 154 Å². The Morgan fingerprint density at radius 3 is 2.19 bits per heavy atom. The number of carbonyl (C=O) groups excluding carboxylic acids is 1. The van der Waals surface area contributed by atoms with Crippen molar-refractivity contribution in [2.45, 2.75) is 19.9 Å². The topological polar surface area (TPSA) is 38.3 Å². The molecule has 0 bridgehead atoms. The van der Waals surface area contributed by atoms with Crippen LogP contribution in [-0.4, -0.2) is 12.5 Å². The molecule has 0 saturated heterocycles. The molecule has 0 saturated carbocycles. The second-order valence-corrected chi connectivity index (χ2v) is 6.33. The molecule has 1 amide bonds. The lowest BCUT2D eigenvalue weighted by Crippen LogP contribution is -2.31. The van der Waals surface area contributed by atoms with Gasteiger partial charge in [0.25, 0.3) is 5.91 Å². The minimum Gasteiger partial charge on any atom is -0.484 e. The molecule has 0 aliphatic heterocycles.